The van der Waals surface area contributed by atoms with Gasteiger partial charge in [-0.1, -0.05) is 31.2 Å². The molecule has 0 radical (unpaired) electrons. The molecule has 0 fully saturated rings. The van der Waals surface area contributed by atoms with Crippen molar-refractivity contribution in [1.29, 1.82) is 0 Å². The summed E-state index contributed by atoms with van der Waals surface area (Å²) < 4.78 is 17.4. The Morgan fingerprint density at radius 2 is 1.76 bits per heavy atom. The molecule has 0 bridgehead atoms. The predicted octanol–water partition coefficient (Wildman–Crippen LogP) is 5.95. The van der Waals surface area contributed by atoms with E-state index in [2.05, 4.69) is 60.5 Å². The highest BCUT2D eigenvalue weighted by Gasteiger charge is 2.31. The number of thiocarbonyl (C=S) groups is 1. The largest absolute Gasteiger partial charge is 0.493 e. The molecule has 3 aromatic rings. The van der Waals surface area contributed by atoms with Crippen molar-refractivity contribution in [3.8, 4) is 17.2 Å². The van der Waals surface area contributed by atoms with Gasteiger partial charge in [-0.15, -0.1) is 0 Å². The minimum Gasteiger partial charge on any atom is -0.493 e. The third-order valence-corrected chi connectivity index (χ3v) is 6.61. The second kappa shape index (κ2) is 10.8. The Bertz CT molecular complexity index is 1150. The Morgan fingerprint density at radius 3 is 2.44 bits per heavy atom. The topological polar surface area (TPSA) is 43.0 Å². The SMILES string of the molecule is CCc1ccc(OCC2c3cc(OC)c(OC)cc3CCN2C(=S)Nc2cccc(C)c2)cc1. The van der Waals surface area contributed by atoms with Crippen molar-refractivity contribution in [2.45, 2.75) is 32.7 Å². The van der Waals surface area contributed by atoms with Crippen molar-refractivity contribution in [2.75, 3.05) is 32.7 Å². The van der Waals surface area contributed by atoms with Gasteiger partial charge < -0.3 is 24.4 Å². The molecule has 1 unspecified atom stereocenters. The molecule has 4 rings (SSSR count). The molecule has 0 spiro atoms. The molecule has 1 aliphatic heterocycles. The number of fused-ring (bicyclic) bond motifs is 1. The van der Waals surface area contributed by atoms with Crippen LogP contribution >= 0.6 is 12.2 Å². The van der Waals surface area contributed by atoms with Crippen LogP contribution in [0.15, 0.2) is 60.7 Å². The van der Waals surface area contributed by atoms with Crippen LogP contribution in [0.1, 0.15) is 35.2 Å². The van der Waals surface area contributed by atoms with Crippen LogP contribution in [-0.4, -0.2) is 37.4 Å². The highest BCUT2D eigenvalue weighted by molar-refractivity contribution is 7.80. The maximum Gasteiger partial charge on any atom is 0.174 e. The fourth-order valence-corrected chi connectivity index (χ4v) is 4.70. The van der Waals surface area contributed by atoms with E-state index in [-0.39, 0.29) is 6.04 Å². The molecule has 0 amide bonds. The number of hydrogen-bond donors (Lipinski definition) is 1. The van der Waals surface area contributed by atoms with E-state index < -0.39 is 0 Å². The van der Waals surface area contributed by atoms with Crippen LogP contribution in [0.5, 0.6) is 17.2 Å². The Balaban J connectivity index is 1.63. The Hall–Kier alpha value is -3.25. The lowest BCUT2D eigenvalue weighted by molar-refractivity contribution is 0.190. The van der Waals surface area contributed by atoms with E-state index in [1.165, 1.54) is 16.7 Å². The minimum absolute atomic E-state index is 0.0702. The molecule has 1 aliphatic rings. The van der Waals surface area contributed by atoms with E-state index in [9.17, 15) is 0 Å². The van der Waals surface area contributed by atoms with E-state index in [4.69, 9.17) is 26.4 Å². The van der Waals surface area contributed by atoms with Crippen LogP contribution in [0.2, 0.25) is 0 Å². The summed E-state index contributed by atoms with van der Waals surface area (Å²) in [5, 5.41) is 4.10. The van der Waals surface area contributed by atoms with Crippen molar-refractivity contribution in [3.63, 3.8) is 0 Å². The molecule has 6 heteroatoms. The molecule has 5 nitrogen and oxygen atoms in total. The molecule has 34 heavy (non-hydrogen) atoms. The monoisotopic (exact) mass is 476 g/mol. The first-order valence-electron chi connectivity index (χ1n) is 11.6. The maximum absolute atomic E-state index is 6.28. The van der Waals surface area contributed by atoms with Crippen molar-refractivity contribution in [3.05, 3.63) is 82.9 Å². The van der Waals surface area contributed by atoms with Gasteiger partial charge in [-0.25, -0.2) is 0 Å². The number of hydrogen-bond acceptors (Lipinski definition) is 4. The van der Waals surface area contributed by atoms with Gasteiger partial charge in [0.05, 0.1) is 20.3 Å². The van der Waals surface area contributed by atoms with Gasteiger partial charge in [0.25, 0.3) is 0 Å². The number of anilines is 1. The number of ether oxygens (including phenoxy) is 3. The summed E-state index contributed by atoms with van der Waals surface area (Å²) in [7, 11) is 3.33. The van der Waals surface area contributed by atoms with Gasteiger partial charge in [0.2, 0.25) is 0 Å². The minimum atomic E-state index is -0.0702. The first kappa shape index (κ1) is 23.9. The first-order chi connectivity index (χ1) is 16.5. The van der Waals surface area contributed by atoms with Crippen molar-refractivity contribution >= 4 is 23.0 Å². The average Bonchev–Trinajstić information content (AvgIpc) is 2.86. The third-order valence-electron chi connectivity index (χ3n) is 6.27. The van der Waals surface area contributed by atoms with Crippen LogP contribution in [0.3, 0.4) is 0 Å². The van der Waals surface area contributed by atoms with Gasteiger partial charge in [0, 0.05) is 12.2 Å². The first-order valence-corrected chi connectivity index (χ1v) is 12.0. The number of methoxy groups -OCH3 is 2. The zero-order chi connectivity index (χ0) is 24.1. The second-order valence-corrected chi connectivity index (χ2v) is 8.86. The summed E-state index contributed by atoms with van der Waals surface area (Å²) >= 11 is 5.88. The van der Waals surface area contributed by atoms with Gasteiger partial charge in [-0.2, -0.15) is 0 Å². The number of rotatable bonds is 7. The van der Waals surface area contributed by atoms with E-state index in [1.807, 2.05) is 24.3 Å². The van der Waals surface area contributed by atoms with Gasteiger partial charge in [0.1, 0.15) is 12.4 Å². The Labute approximate surface area is 207 Å². The summed E-state index contributed by atoms with van der Waals surface area (Å²) in [5.74, 6) is 2.30. The van der Waals surface area contributed by atoms with Gasteiger partial charge in [-0.05, 0) is 90.6 Å². The standard InChI is InChI=1S/C28H32N2O3S/c1-5-20-9-11-23(12-10-20)33-18-25-24-17-27(32-4)26(31-3)16-21(24)13-14-30(25)28(34)29-22-8-6-7-19(2)15-22/h6-12,15-17,25H,5,13-14,18H2,1-4H3,(H,29,34). The molecule has 1 heterocycles. The zero-order valence-electron chi connectivity index (χ0n) is 20.3. The third kappa shape index (κ3) is 5.28. The molecule has 0 saturated heterocycles. The lowest BCUT2D eigenvalue weighted by Gasteiger charge is -2.39. The molecular formula is C28H32N2O3S. The fourth-order valence-electron chi connectivity index (χ4n) is 4.37. The van der Waals surface area contributed by atoms with Crippen LogP contribution in [-0.2, 0) is 12.8 Å². The summed E-state index contributed by atoms with van der Waals surface area (Å²) in [5.41, 5.74) is 5.82. The zero-order valence-corrected chi connectivity index (χ0v) is 21.1. The molecule has 178 valence electrons. The van der Waals surface area contributed by atoms with E-state index >= 15 is 0 Å². The van der Waals surface area contributed by atoms with Crippen LogP contribution < -0.4 is 19.5 Å². The lowest BCUT2D eigenvalue weighted by Crippen LogP contribution is -2.44. The highest BCUT2D eigenvalue weighted by atomic mass is 32.1. The van der Waals surface area contributed by atoms with Crippen LogP contribution in [0.4, 0.5) is 5.69 Å². The number of nitrogens with one attached hydrogen (secondary N) is 1. The lowest BCUT2D eigenvalue weighted by atomic mass is 9.92. The summed E-state index contributed by atoms with van der Waals surface area (Å²) in [6, 6.07) is 20.6. The molecular weight excluding hydrogens is 444 g/mol. The van der Waals surface area contributed by atoms with E-state index in [0.717, 1.165) is 42.1 Å². The number of nitrogens with zero attached hydrogens (tertiary/aromatic N) is 1. The highest BCUT2D eigenvalue weighted by Crippen LogP contribution is 2.38. The molecule has 0 aromatic heterocycles. The molecule has 1 atom stereocenters. The molecule has 3 aromatic carbocycles. The van der Waals surface area contributed by atoms with Crippen molar-refractivity contribution in [2.24, 2.45) is 0 Å². The van der Waals surface area contributed by atoms with Gasteiger partial charge >= 0.3 is 0 Å². The van der Waals surface area contributed by atoms with Gasteiger partial charge in [-0.3, -0.25) is 0 Å². The summed E-state index contributed by atoms with van der Waals surface area (Å²) in [4.78, 5) is 2.21. The maximum atomic E-state index is 6.28. The van der Waals surface area contributed by atoms with E-state index in [0.29, 0.717) is 17.5 Å². The Morgan fingerprint density at radius 1 is 1.03 bits per heavy atom. The quantitative estimate of drug-likeness (QED) is 0.425. The summed E-state index contributed by atoms with van der Waals surface area (Å²) in [6.07, 6.45) is 1.86. The predicted molar refractivity (Wildman–Crippen MR) is 141 cm³/mol. The second-order valence-electron chi connectivity index (χ2n) is 8.47. The smallest absolute Gasteiger partial charge is 0.174 e. The van der Waals surface area contributed by atoms with Crippen LogP contribution in [0, 0.1) is 6.92 Å². The normalized spacial score (nSPS) is 14.8. The number of benzene rings is 3. The summed E-state index contributed by atoms with van der Waals surface area (Å²) in [6.45, 7) is 5.47. The van der Waals surface area contributed by atoms with E-state index in [1.54, 1.807) is 14.2 Å². The fraction of sp³-hybridized carbons (Fsp3) is 0.321. The van der Waals surface area contributed by atoms with Crippen molar-refractivity contribution < 1.29 is 14.2 Å². The average molecular weight is 477 g/mol. The molecule has 0 saturated carbocycles. The number of aryl methyl sites for hydroxylation is 2. The molecule has 1 N–H and O–H groups in total. The van der Waals surface area contributed by atoms with Crippen LogP contribution in [0.25, 0.3) is 0 Å². The molecule has 0 aliphatic carbocycles. The Kier molecular flexibility index (Phi) is 7.58. The van der Waals surface area contributed by atoms with Crippen molar-refractivity contribution in [1.82, 2.24) is 4.90 Å². The van der Waals surface area contributed by atoms with Gasteiger partial charge in [0.15, 0.2) is 16.6 Å².